The molecule has 0 aliphatic heterocycles. The fraction of sp³-hybridized carbons (Fsp3) is 0.667. The van der Waals surface area contributed by atoms with Gasteiger partial charge in [0.1, 0.15) is 12.1 Å². The van der Waals surface area contributed by atoms with Crippen LogP contribution in [0.4, 0.5) is 0 Å². The first-order chi connectivity index (χ1) is 15.4. The van der Waals surface area contributed by atoms with Crippen molar-refractivity contribution in [3.8, 4) is 0 Å². The second kappa shape index (κ2) is 16.1. The van der Waals surface area contributed by atoms with Crippen LogP contribution in [0.1, 0.15) is 60.1 Å². The van der Waals surface area contributed by atoms with Crippen molar-refractivity contribution in [2.24, 2.45) is 23.5 Å². The van der Waals surface area contributed by atoms with Crippen molar-refractivity contribution in [3.05, 3.63) is 35.8 Å². The monoisotopic (exact) mass is 464 g/mol. The summed E-state index contributed by atoms with van der Waals surface area (Å²) in [5, 5.41) is 14.5. The number of nitrogens with one attached hydrogen (secondary N) is 3. The van der Waals surface area contributed by atoms with E-state index in [0.29, 0.717) is 19.4 Å². The van der Waals surface area contributed by atoms with Crippen molar-refractivity contribution in [1.82, 2.24) is 15.6 Å². The lowest BCUT2D eigenvalue weighted by Gasteiger charge is -2.27. The molecule has 188 valence electrons. The Hall–Kier alpha value is -2.52. The van der Waals surface area contributed by atoms with Crippen LogP contribution in [0.25, 0.3) is 5.73 Å². The molecule has 0 saturated carbocycles. The molecule has 33 heavy (non-hydrogen) atoms. The van der Waals surface area contributed by atoms with Crippen LogP contribution in [0, 0.1) is 17.8 Å². The number of carbonyl (C=O) groups is 3. The molecule has 2 amide bonds. The van der Waals surface area contributed by atoms with Gasteiger partial charge in [-0.25, -0.2) is 4.79 Å². The minimum Gasteiger partial charge on any atom is -0.677 e. The molecule has 0 spiro atoms. The van der Waals surface area contributed by atoms with E-state index in [4.69, 9.17) is 11.5 Å². The second-order valence-corrected chi connectivity index (χ2v) is 9.00. The van der Waals surface area contributed by atoms with E-state index in [1.54, 1.807) is 27.0 Å². The van der Waals surface area contributed by atoms with Gasteiger partial charge in [0.05, 0.1) is 6.04 Å². The lowest BCUT2D eigenvalue weighted by Crippen LogP contribution is -2.57. The topological polar surface area (TPSA) is 158 Å². The third kappa shape index (κ3) is 12.3. The molecule has 0 unspecified atom stereocenters. The molecule has 0 saturated heterocycles. The summed E-state index contributed by atoms with van der Waals surface area (Å²) in [6, 6.07) is 3.27. The van der Waals surface area contributed by atoms with Crippen LogP contribution < -0.4 is 16.4 Å². The van der Waals surface area contributed by atoms with E-state index in [1.165, 1.54) is 0 Å². The first-order valence-electron chi connectivity index (χ1n) is 11.6. The Kier molecular flexibility index (Phi) is 14.9. The Balaban J connectivity index is 0.000000938. The van der Waals surface area contributed by atoms with Gasteiger partial charge in [-0.05, 0) is 42.7 Å². The molecule has 0 aromatic carbocycles. The maximum Gasteiger partial charge on any atom is 0.326 e. The fourth-order valence-electron chi connectivity index (χ4n) is 3.01. The van der Waals surface area contributed by atoms with E-state index in [1.807, 2.05) is 39.0 Å². The first kappa shape index (κ1) is 30.5. The summed E-state index contributed by atoms with van der Waals surface area (Å²) >= 11 is 0. The van der Waals surface area contributed by atoms with Gasteiger partial charge in [-0.15, -0.1) is 6.54 Å². The van der Waals surface area contributed by atoms with Crippen LogP contribution in [0.3, 0.4) is 0 Å². The van der Waals surface area contributed by atoms with E-state index in [9.17, 15) is 19.5 Å². The SMILES string of the molecule is CC[C@H](C)[C@H](NC(=O)[C@@H](NC(=O)[C@@H](N)CC(C)C)C(C)C)C(=O)O.[NH-]CCc1ccccn1. The average Bonchev–Trinajstić information content (AvgIpc) is 2.75. The van der Waals surface area contributed by atoms with Crippen molar-refractivity contribution in [2.45, 2.75) is 78.9 Å². The minimum atomic E-state index is -1.08. The molecule has 0 aliphatic rings. The third-order valence-corrected chi connectivity index (χ3v) is 5.19. The lowest BCUT2D eigenvalue weighted by atomic mass is 9.97. The van der Waals surface area contributed by atoms with Crippen LogP contribution in [0.15, 0.2) is 24.4 Å². The molecule has 4 atom stereocenters. The molecule has 1 heterocycles. The van der Waals surface area contributed by atoms with Gasteiger partial charge in [-0.3, -0.25) is 14.6 Å². The number of carboxylic acid groups (broad SMARTS) is 1. The molecule has 9 heteroatoms. The van der Waals surface area contributed by atoms with E-state index < -0.39 is 35.9 Å². The number of hydrogen-bond donors (Lipinski definition) is 4. The number of aliphatic carboxylic acids is 1. The van der Waals surface area contributed by atoms with Gasteiger partial charge in [-0.2, -0.15) is 0 Å². The van der Waals surface area contributed by atoms with Gasteiger partial charge >= 0.3 is 5.97 Å². The highest BCUT2D eigenvalue weighted by Crippen LogP contribution is 2.11. The molecule has 1 rings (SSSR count). The maximum absolute atomic E-state index is 12.5. The van der Waals surface area contributed by atoms with Crippen LogP contribution in [0.2, 0.25) is 0 Å². The normalized spacial score (nSPS) is 14.5. The van der Waals surface area contributed by atoms with E-state index >= 15 is 0 Å². The van der Waals surface area contributed by atoms with Crippen LogP contribution in [-0.2, 0) is 20.8 Å². The molecule has 1 aromatic rings. The highest BCUT2D eigenvalue weighted by atomic mass is 16.4. The van der Waals surface area contributed by atoms with Gasteiger partial charge in [-0.1, -0.05) is 54.0 Å². The van der Waals surface area contributed by atoms with E-state index in [-0.39, 0.29) is 17.8 Å². The largest absolute Gasteiger partial charge is 0.677 e. The highest BCUT2D eigenvalue weighted by Gasteiger charge is 2.31. The van der Waals surface area contributed by atoms with Crippen molar-refractivity contribution in [1.29, 1.82) is 0 Å². The zero-order valence-electron chi connectivity index (χ0n) is 20.8. The Labute approximate surface area is 198 Å². The molecule has 0 fully saturated rings. The summed E-state index contributed by atoms with van der Waals surface area (Å²) in [5.41, 5.74) is 13.8. The zero-order valence-corrected chi connectivity index (χ0v) is 20.8. The smallest absolute Gasteiger partial charge is 0.326 e. The van der Waals surface area contributed by atoms with Crippen LogP contribution in [0.5, 0.6) is 0 Å². The molecule has 1 aromatic heterocycles. The molecule has 0 aliphatic carbocycles. The predicted molar refractivity (Wildman–Crippen MR) is 130 cm³/mol. The number of hydrogen-bond acceptors (Lipinski definition) is 5. The predicted octanol–water partition coefficient (Wildman–Crippen LogP) is 2.79. The van der Waals surface area contributed by atoms with Crippen molar-refractivity contribution < 1.29 is 19.5 Å². The number of pyridine rings is 1. The molecule has 6 N–H and O–H groups in total. The fourth-order valence-corrected chi connectivity index (χ4v) is 3.01. The summed E-state index contributed by atoms with van der Waals surface area (Å²) in [5.74, 6) is -2.11. The Bertz CT molecular complexity index is 712. The van der Waals surface area contributed by atoms with Crippen LogP contribution >= 0.6 is 0 Å². The van der Waals surface area contributed by atoms with Crippen molar-refractivity contribution in [2.75, 3.05) is 6.54 Å². The summed E-state index contributed by atoms with van der Waals surface area (Å²) in [6.45, 7) is 11.6. The van der Waals surface area contributed by atoms with Gasteiger partial charge in [0, 0.05) is 11.9 Å². The Morgan fingerprint density at radius 1 is 1.06 bits per heavy atom. The number of amides is 2. The van der Waals surface area contributed by atoms with E-state index in [0.717, 1.165) is 12.1 Å². The first-order valence-corrected chi connectivity index (χ1v) is 11.6. The standard InChI is InChI=1S/C17H33N3O4.C7H9N2/c1-7-11(6)14(17(23)24)20-16(22)13(10(4)5)19-15(21)12(18)8-9(2)3;8-5-4-7-3-1-2-6-9-7/h9-14H,7-8,18H2,1-6H3,(H,19,21)(H,20,22)(H,23,24);1-3,6,8H,4-5H2/q;-1/t11-,12-,13-,14-;/m0./s1. The molecular weight excluding hydrogens is 422 g/mol. The summed E-state index contributed by atoms with van der Waals surface area (Å²) < 4.78 is 0. The summed E-state index contributed by atoms with van der Waals surface area (Å²) in [4.78, 5) is 40.1. The molecule has 0 bridgehead atoms. The quantitative estimate of drug-likeness (QED) is 0.372. The minimum absolute atomic E-state index is 0.188. The number of rotatable bonds is 12. The lowest BCUT2D eigenvalue weighted by molar-refractivity contribution is -0.144. The molecular formula is C24H42N5O4-. The Morgan fingerprint density at radius 3 is 2.09 bits per heavy atom. The Morgan fingerprint density at radius 2 is 1.67 bits per heavy atom. The van der Waals surface area contributed by atoms with Gasteiger partial charge < -0.3 is 27.2 Å². The summed E-state index contributed by atoms with van der Waals surface area (Å²) in [6.07, 6.45) is 3.66. The average molecular weight is 465 g/mol. The van der Waals surface area contributed by atoms with Crippen molar-refractivity contribution in [3.63, 3.8) is 0 Å². The number of nitrogens with two attached hydrogens (primary N) is 1. The second-order valence-electron chi connectivity index (χ2n) is 9.00. The third-order valence-electron chi connectivity index (χ3n) is 5.19. The highest BCUT2D eigenvalue weighted by molar-refractivity contribution is 5.92. The number of aromatic nitrogens is 1. The van der Waals surface area contributed by atoms with Gasteiger partial charge in [0.2, 0.25) is 11.8 Å². The van der Waals surface area contributed by atoms with Gasteiger partial charge in [0.25, 0.3) is 0 Å². The number of carbonyl (C=O) groups excluding carboxylic acids is 2. The molecule has 0 radical (unpaired) electrons. The van der Waals surface area contributed by atoms with Crippen molar-refractivity contribution >= 4 is 17.8 Å². The number of carboxylic acids is 1. The van der Waals surface area contributed by atoms with E-state index in [2.05, 4.69) is 15.6 Å². The zero-order chi connectivity index (χ0) is 25.6. The summed E-state index contributed by atoms with van der Waals surface area (Å²) in [7, 11) is 0. The number of nitrogens with zero attached hydrogens (tertiary/aromatic N) is 1. The maximum atomic E-state index is 12.5. The molecule has 9 nitrogen and oxygen atoms in total. The van der Waals surface area contributed by atoms with Crippen LogP contribution in [-0.4, -0.2) is 52.5 Å². The van der Waals surface area contributed by atoms with Gasteiger partial charge in [0.15, 0.2) is 0 Å².